The first kappa shape index (κ1) is 19.1. The Hall–Kier alpha value is -3.28. The highest BCUT2D eigenvalue weighted by molar-refractivity contribution is 5.91. The number of benzene rings is 2. The van der Waals surface area contributed by atoms with E-state index in [4.69, 9.17) is 9.15 Å². The van der Waals surface area contributed by atoms with E-state index in [-0.39, 0.29) is 18.3 Å². The van der Waals surface area contributed by atoms with Crippen molar-refractivity contribution in [3.63, 3.8) is 0 Å². The van der Waals surface area contributed by atoms with Crippen LogP contribution < -0.4 is 9.64 Å². The molecule has 1 aliphatic heterocycles. The van der Waals surface area contributed by atoms with Crippen LogP contribution in [-0.4, -0.2) is 37.0 Å². The fraction of sp³-hybridized carbons (Fsp3) is 0.261. The quantitative estimate of drug-likeness (QED) is 0.648. The Kier molecular flexibility index (Phi) is 5.51. The number of ether oxygens (including phenoxy) is 1. The van der Waals surface area contributed by atoms with E-state index in [0.29, 0.717) is 37.7 Å². The lowest BCUT2D eigenvalue weighted by Crippen LogP contribution is -2.48. The fourth-order valence-electron chi connectivity index (χ4n) is 3.33. The van der Waals surface area contributed by atoms with Crippen LogP contribution in [0.15, 0.2) is 65.1 Å². The Morgan fingerprint density at radius 1 is 0.966 bits per heavy atom. The fourth-order valence-corrected chi connectivity index (χ4v) is 3.33. The van der Waals surface area contributed by atoms with Crippen LogP contribution in [0.2, 0.25) is 0 Å². The highest BCUT2D eigenvalue weighted by Gasteiger charge is 2.24. The van der Waals surface area contributed by atoms with Gasteiger partial charge in [0.1, 0.15) is 23.9 Å². The second-order valence-corrected chi connectivity index (χ2v) is 7.12. The van der Waals surface area contributed by atoms with Crippen molar-refractivity contribution < 1.29 is 18.3 Å². The summed E-state index contributed by atoms with van der Waals surface area (Å²) in [6.07, 6.45) is 0. The second-order valence-electron chi connectivity index (χ2n) is 7.12. The molecule has 0 aliphatic carbocycles. The first-order valence-electron chi connectivity index (χ1n) is 9.66. The number of nitrogens with zero attached hydrogens (tertiary/aromatic N) is 2. The average Bonchev–Trinajstić information content (AvgIpc) is 3.23. The van der Waals surface area contributed by atoms with Crippen molar-refractivity contribution in [2.75, 3.05) is 31.1 Å². The van der Waals surface area contributed by atoms with Gasteiger partial charge in [0, 0.05) is 31.9 Å². The van der Waals surface area contributed by atoms with E-state index in [0.717, 1.165) is 11.4 Å². The van der Waals surface area contributed by atoms with E-state index in [1.54, 1.807) is 29.2 Å². The lowest BCUT2D eigenvalue weighted by molar-refractivity contribution is 0.0710. The standard InChI is InChI=1S/C23H23FN2O3/c1-17-2-8-20(9-3-17)28-16-21-10-11-22(29-21)23(27)26-14-12-25(13-15-26)19-6-4-18(24)5-7-19/h2-11H,12-16H2,1H3. The van der Waals surface area contributed by atoms with Gasteiger partial charge in [-0.1, -0.05) is 17.7 Å². The molecule has 2 heterocycles. The number of amides is 1. The van der Waals surface area contributed by atoms with Gasteiger partial charge in [-0.3, -0.25) is 4.79 Å². The number of halogens is 1. The zero-order chi connectivity index (χ0) is 20.2. The Morgan fingerprint density at radius 2 is 1.66 bits per heavy atom. The maximum atomic E-state index is 13.1. The van der Waals surface area contributed by atoms with E-state index >= 15 is 0 Å². The number of hydrogen-bond acceptors (Lipinski definition) is 4. The van der Waals surface area contributed by atoms with Crippen LogP contribution in [-0.2, 0) is 6.61 Å². The van der Waals surface area contributed by atoms with Crippen LogP contribution in [0, 0.1) is 12.7 Å². The van der Waals surface area contributed by atoms with E-state index in [9.17, 15) is 9.18 Å². The summed E-state index contributed by atoms with van der Waals surface area (Å²) in [5.41, 5.74) is 2.13. The Balaban J connectivity index is 1.31. The van der Waals surface area contributed by atoms with Crippen molar-refractivity contribution in [1.29, 1.82) is 0 Å². The Labute approximate surface area is 169 Å². The van der Waals surface area contributed by atoms with Gasteiger partial charge < -0.3 is 19.0 Å². The smallest absolute Gasteiger partial charge is 0.289 e. The number of piperazine rings is 1. The van der Waals surface area contributed by atoms with Crippen molar-refractivity contribution in [2.24, 2.45) is 0 Å². The van der Waals surface area contributed by atoms with E-state index in [2.05, 4.69) is 4.90 Å². The molecule has 29 heavy (non-hydrogen) atoms. The van der Waals surface area contributed by atoms with E-state index in [1.807, 2.05) is 31.2 Å². The molecule has 1 saturated heterocycles. The number of anilines is 1. The molecule has 3 aromatic rings. The van der Waals surface area contributed by atoms with Crippen molar-refractivity contribution in [3.8, 4) is 5.75 Å². The molecule has 0 saturated carbocycles. The van der Waals surface area contributed by atoms with E-state index in [1.165, 1.54) is 17.7 Å². The third-order valence-corrected chi connectivity index (χ3v) is 5.03. The topological polar surface area (TPSA) is 45.9 Å². The van der Waals surface area contributed by atoms with Gasteiger partial charge in [-0.15, -0.1) is 0 Å². The molecule has 2 aromatic carbocycles. The SMILES string of the molecule is Cc1ccc(OCc2ccc(C(=O)N3CCN(c4ccc(F)cc4)CC3)o2)cc1. The third-order valence-electron chi connectivity index (χ3n) is 5.03. The van der Waals surface area contributed by atoms with Crippen molar-refractivity contribution in [2.45, 2.75) is 13.5 Å². The van der Waals surface area contributed by atoms with Crippen LogP contribution in [0.5, 0.6) is 5.75 Å². The molecule has 0 bridgehead atoms. The maximum absolute atomic E-state index is 13.1. The minimum Gasteiger partial charge on any atom is -0.486 e. The molecule has 1 amide bonds. The summed E-state index contributed by atoms with van der Waals surface area (Å²) >= 11 is 0. The molecular weight excluding hydrogens is 371 g/mol. The number of hydrogen-bond donors (Lipinski definition) is 0. The van der Waals surface area contributed by atoms with Gasteiger partial charge in [-0.25, -0.2) is 4.39 Å². The number of furan rings is 1. The van der Waals surface area contributed by atoms with Crippen LogP contribution in [0.3, 0.4) is 0 Å². The summed E-state index contributed by atoms with van der Waals surface area (Å²) in [7, 11) is 0. The van der Waals surface area contributed by atoms with E-state index < -0.39 is 0 Å². The largest absolute Gasteiger partial charge is 0.486 e. The summed E-state index contributed by atoms with van der Waals surface area (Å²) in [4.78, 5) is 16.7. The molecule has 5 nitrogen and oxygen atoms in total. The van der Waals surface area contributed by atoms with Crippen molar-refractivity contribution in [1.82, 2.24) is 4.90 Å². The molecule has 0 radical (unpaired) electrons. The summed E-state index contributed by atoms with van der Waals surface area (Å²) in [5.74, 6) is 1.33. The number of carbonyl (C=O) groups is 1. The molecule has 1 aliphatic rings. The molecule has 0 spiro atoms. The zero-order valence-corrected chi connectivity index (χ0v) is 16.3. The van der Waals surface area contributed by atoms with Gasteiger partial charge in [0.05, 0.1) is 0 Å². The molecule has 0 unspecified atom stereocenters. The van der Waals surface area contributed by atoms with Crippen LogP contribution in [0.1, 0.15) is 21.9 Å². The highest BCUT2D eigenvalue weighted by Crippen LogP contribution is 2.19. The van der Waals surface area contributed by atoms with Crippen LogP contribution in [0.4, 0.5) is 10.1 Å². The third kappa shape index (κ3) is 4.59. The first-order chi connectivity index (χ1) is 14.1. The van der Waals surface area contributed by atoms with Gasteiger partial charge in [0.2, 0.25) is 0 Å². The second kappa shape index (κ2) is 8.39. The zero-order valence-electron chi connectivity index (χ0n) is 16.3. The molecule has 1 aromatic heterocycles. The van der Waals surface area contributed by atoms with Crippen LogP contribution in [0.25, 0.3) is 0 Å². The highest BCUT2D eigenvalue weighted by atomic mass is 19.1. The van der Waals surface area contributed by atoms with Crippen LogP contribution >= 0.6 is 0 Å². The van der Waals surface area contributed by atoms with Gasteiger partial charge >= 0.3 is 0 Å². The molecule has 0 N–H and O–H groups in total. The number of rotatable bonds is 5. The van der Waals surface area contributed by atoms with Crippen molar-refractivity contribution >= 4 is 11.6 Å². The molecule has 0 atom stereocenters. The van der Waals surface area contributed by atoms with Gasteiger partial charge in [-0.2, -0.15) is 0 Å². The first-order valence-corrected chi connectivity index (χ1v) is 9.66. The average molecular weight is 394 g/mol. The predicted octanol–water partition coefficient (Wildman–Crippen LogP) is 4.27. The summed E-state index contributed by atoms with van der Waals surface area (Å²) in [6, 6.07) is 17.7. The lowest BCUT2D eigenvalue weighted by atomic mass is 10.2. The molecule has 150 valence electrons. The molecular formula is C23H23FN2O3. The maximum Gasteiger partial charge on any atom is 0.289 e. The van der Waals surface area contributed by atoms with Gasteiger partial charge in [0.15, 0.2) is 5.76 Å². The minimum absolute atomic E-state index is 0.120. The monoisotopic (exact) mass is 394 g/mol. The summed E-state index contributed by atoms with van der Waals surface area (Å²) in [5, 5.41) is 0. The number of aryl methyl sites for hydroxylation is 1. The van der Waals surface area contributed by atoms with Crippen molar-refractivity contribution in [3.05, 3.63) is 83.6 Å². The number of carbonyl (C=O) groups excluding carboxylic acids is 1. The summed E-state index contributed by atoms with van der Waals surface area (Å²) in [6.45, 7) is 4.86. The molecule has 6 heteroatoms. The van der Waals surface area contributed by atoms with Gasteiger partial charge in [-0.05, 0) is 55.5 Å². The summed E-state index contributed by atoms with van der Waals surface area (Å²) < 4.78 is 24.5. The minimum atomic E-state index is -0.248. The normalized spacial score (nSPS) is 14.1. The Morgan fingerprint density at radius 3 is 2.34 bits per heavy atom. The predicted molar refractivity (Wildman–Crippen MR) is 109 cm³/mol. The Bertz CT molecular complexity index is 959. The molecule has 4 rings (SSSR count). The molecule has 1 fully saturated rings. The lowest BCUT2D eigenvalue weighted by Gasteiger charge is -2.35. The van der Waals surface area contributed by atoms with Gasteiger partial charge in [0.25, 0.3) is 5.91 Å².